The minimum atomic E-state index is -3.08. The number of hydrogen-bond acceptors (Lipinski definition) is 9. The van der Waals surface area contributed by atoms with Crippen LogP contribution in [0.3, 0.4) is 0 Å². The van der Waals surface area contributed by atoms with Crippen LogP contribution in [0.25, 0.3) is 0 Å². The zero-order chi connectivity index (χ0) is 20.2. The van der Waals surface area contributed by atoms with E-state index in [1.54, 1.807) is 0 Å². The zero-order valence-electron chi connectivity index (χ0n) is 17.0. The van der Waals surface area contributed by atoms with E-state index in [4.69, 9.17) is 27.6 Å². The van der Waals surface area contributed by atoms with E-state index in [-0.39, 0.29) is 12.5 Å². The fourth-order valence-corrected chi connectivity index (χ4v) is 4.82. The van der Waals surface area contributed by atoms with E-state index in [9.17, 15) is 9.46 Å². The minimum absolute atomic E-state index is 0.104. The summed E-state index contributed by atoms with van der Waals surface area (Å²) in [4.78, 5) is 12.3. The highest BCUT2D eigenvalue weighted by molar-refractivity contribution is 7.60. The lowest BCUT2D eigenvalue weighted by Crippen LogP contribution is -2.33. The molecule has 27 heavy (non-hydrogen) atoms. The molecule has 0 aromatic rings. The molecule has 0 aromatic heterocycles. The molecule has 1 aliphatic heterocycles. The predicted octanol–water partition coefficient (Wildman–Crippen LogP) is 2.76. The summed E-state index contributed by atoms with van der Waals surface area (Å²) in [5.74, 6) is 0. The number of hydrogen-bond donors (Lipinski definition) is 1. The highest BCUT2D eigenvalue weighted by Gasteiger charge is 2.38. The molecule has 1 atom stereocenters. The number of nitrogens with zero attached hydrogens (tertiary/aromatic N) is 1. The van der Waals surface area contributed by atoms with Crippen molar-refractivity contribution in [2.24, 2.45) is 0 Å². The van der Waals surface area contributed by atoms with Gasteiger partial charge in [0.05, 0.1) is 27.0 Å². The molecule has 0 bridgehead atoms. The Morgan fingerprint density at radius 3 is 2.37 bits per heavy atom. The van der Waals surface area contributed by atoms with Crippen LogP contribution < -0.4 is 0 Å². The first-order valence-corrected chi connectivity index (χ1v) is 12.8. The average Bonchev–Trinajstić information content (AvgIpc) is 2.72. The summed E-state index contributed by atoms with van der Waals surface area (Å²) in [6.45, 7) is 3.11. The van der Waals surface area contributed by atoms with Crippen molar-refractivity contribution in [1.82, 2.24) is 4.90 Å². The Labute approximate surface area is 163 Å². The predicted molar refractivity (Wildman–Crippen MR) is 105 cm³/mol. The molecule has 0 spiro atoms. The molecule has 0 aliphatic carbocycles. The molecule has 1 fully saturated rings. The van der Waals surface area contributed by atoms with E-state index < -0.39 is 15.5 Å². The summed E-state index contributed by atoms with van der Waals surface area (Å²) in [6, 6.07) is 0. The third kappa shape index (κ3) is 10.1. The number of ether oxygens (including phenoxy) is 2. The maximum atomic E-state index is 12.3. The molecule has 0 amide bonds. The van der Waals surface area contributed by atoms with Crippen LogP contribution in [0.1, 0.15) is 25.7 Å². The normalized spacial score (nSPS) is 19.0. The van der Waals surface area contributed by atoms with Gasteiger partial charge in [0.1, 0.15) is 0 Å². The van der Waals surface area contributed by atoms with Crippen molar-refractivity contribution < 1.29 is 37.0 Å². The molecule has 0 radical (unpaired) electrons. The Morgan fingerprint density at radius 2 is 1.81 bits per heavy atom. The van der Waals surface area contributed by atoms with Gasteiger partial charge in [-0.3, -0.25) is 9.46 Å². The van der Waals surface area contributed by atoms with Gasteiger partial charge in [-0.2, -0.15) is 13.9 Å². The van der Waals surface area contributed by atoms with Gasteiger partial charge in [-0.25, -0.2) is 0 Å². The van der Waals surface area contributed by atoms with Crippen LogP contribution in [-0.2, 0) is 32.1 Å². The van der Waals surface area contributed by atoms with Gasteiger partial charge in [-0.15, -0.1) is 0 Å². The van der Waals surface area contributed by atoms with Gasteiger partial charge in [-0.05, 0) is 25.7 Å². The first-order chi connectivity index (χ1) is 12.9. The Bertz CT molecular complexity index is 425. The third-order valence-corrected chi connectivity index (χ3v) is 8.34. The van der Waals surface area contributed by atoms with Crippen LogP contribution >= 0.6 is 15.5 Å². The van der Waals surface area contributed by atoms with E-state index >= 15 is 0 Å². The molecule has 1 N–H and O–H groups in total. The first kappa shape index (κ1) is 25.4. The van der Waals surface area contributed by atoms with Crippen LogP contribution in [0.4, 0.5) is 0 Å². The molecule has 1 aliphatic rings. The number of rotatable bonds is 15. The van der Waals surface area contributed by atoms with Crippen LogP contribution in [0, 0.1) is 0 Å². The quantitative estimate of drug-likeness (QED) is 0.310. The van der Waals surface area contributed by atoms with Gasteiger partial charge >= 0.3 is 15.5 Å². The van der Waals surface area contributed by atoms with Gasteiger partial charge in [0.15, 0.2) is 12.5 Å². The smallest absolute Gasteiger partial charge is 0.353 e. The van der Waals surface area contributed by atoms with Crippen molar-refractivity contribution in [2.45, 2.75) is 32.0 Å². The van der Waals surface area contributed by atoms with Gasteiger partial charge in [-0.1, -0.05) is 0 Å². The molecule has 1 saturated heterocycles. The molecule has 1 unspecified atom stereocenters. The lowest BCUT2D eigenvalue weighted by molar-refractivity contribution is -0.163. The highest BCUT2D eigenvalue weighted by Crippen LogP contribution is 2.55. The van der Waals surface area contributed by atoms with E-state index in [2.05, 4.69) is 4.90 Å². The van der Waals surface area contributed by atoms with Crippen molar-refractivity contribution in [3.63, 3.8) is 0 Å². The maximum Gasteiger partial charge on any atom is 0.409 e. The Morgan fingerprint density at radius 1 is 1.11 bits per heavy atom. The van der Waals surface area contributed by atoms with Gasteiger partial charge < -0.3 is 18.5 Å². The molecule has 162 valence electrons. The zero-order valence-corrected chi connectivity index (χ0v) is 18.8. The second kappa shape index (κ2) is 13.5. The summed E-state index contributed by atoms with van der Waals surface area (Å²) in [5.41, 5.74) is 0. The summed E-state index contributed by atoms with van der Waals surface area (Å²) >= 11 is 0. The van der Waals surface area contributed by atoms with Crippen molar-refractivity contribution in [3.8, 4) is 0 Å². The molecule has 11 heteroatoms. The van der Waals surface area contributed by atoms with Crippen molar-refractivity contribution >= 4 is 15.5 Å². The fraction of sp³-hybridized carbons (Fsp3) is 1.00. The molecule has 0 saturated carbocycles. The first-order valence-electron chi connectivity index (χ1n) is 9.28. The van der Waals surface area contributed by atoms with E-state index in [1.165, 1.54) is 28.4 Å². The molecule has 1 rings (SSSR count). The molecule has 1 heterocycles. The summed E-state index contributed by atoms with van der Waals surface area (Å²) in [5, 5.41) is 0. The van der Waals surface area contributed by atoms with E-state index in [0.717, 1.165) is 32.3 Å². The topological polar surface area (TPSA) is 95.9 Å². The van der Waals surface area contributed by atoms with E-state index in [1.807, 2.05) is 0 Å². The van der Waals surface area contributed by atoms with Crippen LogP contribution in [0.2, 0.25) is 0 Å². The second-order valence-corrected chi connectivity index (χ2v) is 11.1. The van der Waals surface area contributed by atoms with Crippen LogP contribution in [0.15, 0.2) is 0 Å². The van der Waals surface area contributed by atoms with Crippen molar-refractivity contribution in [3.05, 3.63) is 0 Å². The van der Waals surface area contributed by atoms with Crippen LogP contribution in [-0.4, -0.2) is 89.7 Å². The SMILES string of the molecule is COP(=O)(CCN(CCCOC1CCCCO1)CC[P+](O)(OC)OC)OC. The highest BCUT2D eigenvalue weighted by atomic mass is 31.2. The fourth-order valence-electron chi connectivity index (χ4n) is 2.73. The van der Waals surface area contributed by atoms with Gasteiger partial charge in [0.25, 0.3) is 0 Å². The minimum Gasteiger partial charge on any atom is -0.353 e. The monoisotopic (exact) mass is 432 g/mol. The largest absolute Gasteiger partial charge is 0.409 e. The molecule has 9 nitrogen and oxygen atoms in total. The lowest BCUT2D eigenvalue weighted by atomic mass is 10.2. The maximum absolute atomic E-state index is 12.3. The standard InChI is InChI=1S/C16H36NO8P2/c1-20-26(18,21-2)14-10-17(11-15-27(19,22-3)23-4)9-7-13-25-16-8-5-6-12-24-16/h16,18H,5-15H2,1-4H3/q+1. The van der Waals surface area contributed by atoms with Crippen molar-refractivity contribution in [2.75, 3.05) is 73.6 Å². The molecular weight excluding hydrogens is 396 g/mol. The summed E-state index contributed by atoms with van der Waals surface area (Å²) in [7, 11) is -0.300. The Hall–Kier alpha value is 0.340. The van der Waals surface area contributed by atoms with Gasteiger partial charge in [0.2, 0.25) is 0 Å². The molecular formula is C16H36NO8P2+. The second-order valence-electron chi connectivity index (χ2n) is 6.29. The van der Waals surface area contributed by atoms with Crippen LogP contribution in [0.5, 0.6) is 0 Å². The van der Waals surface area contributed by atoms with Crippen molar-refractivity contribution in [1.29, 1.82) is 0 Å². The molecule has 0 aromatic carbocycles. The lowest BCUT2D eigenvalue weighted by Gasteiger charge is -2.26. The van der Waals surface area contributed by atoms with Gasteiger partial charge in [0, 0.05) is 40.5 Å². The summed E-state index contributed by atoms with van der Waals surface area (Å²) < 4.78 is 43.8. The van der Waals surface area contributed by atoms with E-state index in [0.29, 0.717) is 32.4 Å². The third-order valence-electron chi connectivity index (χ3n) is 4.58. The summed E-state index contributed by atoms with van der Waals surface area (Å²) in [6.07, 6.45) is 4.48. The average molecular weight is 432 g/mol. The Balaban J connectivity index is 2.46. The Kier molecular flexibility index (Phi) is 12.7.